The number of fused-ring (bicyclic) bond motifs is 1. The van der Waals surface area contributed by atoms with Crippen molar-refractivity contribution in [1.82, 2.24) is 19.4 Å². The smallest absolute Gasteiger partial charge is 0.269 e. The molecule has 0 unspecified atom stereocenters. The maximum Gasteiger partial charge on any atom is 0.269 e. The van der Waals surface area contributed by atoms with E-state index in [0.717, 1.165) is 28.3 Å². The number of amides is 1. The van der Waals surface area contributed by atoms with Crippen molar-refractivity contribution in [3.8, 4) is 11.3 Å². The predicted molar refractivity (Wildman–Crippen MR) is 133 cm³/mol. The maximum atomic E-state index is 13.8. The molecular weight excluding hydrogens is 555 g/mol. The normalized spacial score (nSPS) is 28.5. The molecule has 2 fully saturated rings. The number of hydrogen-bond donors (Lipinski definition) is 4. The van der Waals surface area contributed by atoms with E-state index in [0.29, 0.717) is 22.1 Å². The van der Waals surface area contributed by atoms with E-state index in [2.05, 4.69) is 14.7 Å². The Morgan fingerprint density at radius 1 is 1.23 bits per heavy atom. The van der Waals surface area contributed by atoms with Crippen LogP contribution in [-0.4, -0.2) is 77.9 Å². The number of carbonyl (C=O) groups is 1. The standard InChI is InChI=1S/C25H22F3N5O6S/c26-13-6-10(7-14(27)19(13)28)15-8-33(32-30-15)21-22(35)16(9-34)39-25(23(21)36)12(4-5-38-25)11-2-1-3-17-18(11)20(24(29)37)31-40-17/h1-3,6-8,12,16,21-23,34-36H,4-5,9H2,(H2,29,37)/t12-,16-,21+,22+,23-,25+/m1/s1. The molecule has 0 saturated carbocycles. The largest absolute Gasteiger partial charge is 0.394 e. The van der Waals surface area contributed by atoms with Crippen LogP contribution in [0.25, 0.3) is 21.3 Å². The molecule has 15 heteroatoms. The number of hydrogen-bond acceptors (Lipinski definition) is 10. The van der Waals surface area contributed by atoms with Gasteiger partial charge in [-0.3, -0.25) is 4.79 Å². The van der Waals surface area contributed by atoms with Crippen LogP contribution >= 0.6 is 11.5 Å². The maximum absolute atomic E-state index is 13.8. The molecule has 11 nitrogen and oxygen atoms in total. The first kappa shape index (κ1) is 26.7. The van der Waals surface area contributed by atoms with Gasteiger partial charge in [0.05, 0.1) is 24.1 Å². The number of halogens is 3. The molecular formula is C25H22F3N5O6S. The summed E-state index contributed by atoms with van der Waals surface area (Å²) in [6.07, 6.45) is -2.84. The number of nitrogens with zero attached hydrogens (tertiary/aromatic N) is 4. The molecule has 2 saturated heterocycles. The van der Waals surface area contributed by atoms with Crippen LogP contribution in [0, 0.1) is 17.5 Å². The minimum atomic E-state index is -1.82. The Morgan fingerprint density at radius 3 is 2.67 bits per heavy atom. The number of ether oxygens (including phenoxy) is 2. The summed E-state index contributed by atoms with van der Waals surface area (Å²) in [6.45, 7) is -0.534. The molecule has 0 bridgehead atoms. The summed E-state index contributed by atoms with van der Waals surface area (Å²) in [5.41, 5.74) is 6.00. The van der Waals surface area contributed by atoms with Gasteiger partial charge >= 0.3 is 0 Å². The van der Waals surface area contributed by atoms with E-state index in [1.807, 2.05) is 0 Å². The van der Waals surface area contributed by atoms with Gasteiger partial charge in [0, 0.05) is 16.9 Å². The summed E-state index contributed by atoms with van der Waals surface area (Å²) in [7, 11) is 0. The number of aliphatic hydroxyl groups excluding tert-OH is 3. The Kier molecular flexibility index (Phi) is 6.59. The molecule has 6 rings (SSSR count). The number of aromatic nitrogens is 4. The fraction of sp³-hybridized carbons (Fsp3) is 0.360. The van der Waals surface area contributed by atoms with Crippen molar-refractivity contribution in [3.05, 3.63) is 65.2 Å². The lowest BCUT2D eigenvalue weighted by Crippen LogP contribution is -2.64. The lowest BCUT2D eigenvalue weighted by molar-refractivity contribution is -0.344. The highest BCUT2D eigenvalue weighted by Gasteiger charge is 2.62. The zero-order valence-electron chi connectivity index (χ0n) is 20.4. The molecule has 2 aromatic heterocycles. The van der Waals surface area contributed by atoms with Gasteiger partial charge in [0.1, 0.15) is 35.7 Å². The van der Waals surface area contributed by atoms with Crippen molar-refractivity contribution < 1.29 is 42.8 Å². The summed E-state index contributed by atoms with van der Waals surface area (Å²) in [5, 5.41) is 41.2. The molecule has 6 atom stereocenters. The topological polar surface area (TPSA) is 166 Å². The van der Waals surface area contributed by atoms with Crippen LogP contribution in [0.4, 0.5) is 13.2 Å². The number of aliphatic hydroxyl groups is 3. The van der Waals surface area contributed by atoms with Gasteiger partial charge in [-0.25, -0.2) is 17.9 Å². The molecule has 2 aliphatic heterocycles. The van der Waals surface area contributed by atoms with Crippen molar-refractivity contribution in [2.45, 2.75) is 42.5 Å². The monoisotopic (exact) mass is 577 g/mol. The van der Waals surface area contributed by atoms with Gasteiger partial charge in [0.25, 0.3) is 5.91 Å². The van der Waals surface area contributed by atoms with E-state index in [9.17, 15) is 33.3 Å². The van der Waals surface area contributed by atoms with Gasteiger partial charge in [0.15, 0.2) is 17.5 Å². The van der Waals surface area contributed by atoms with Crippen LogP contribution in [-0.2, 0) is 9.47 Å². The highest BCUT2D eigenvalue weighted by molar-refractivity contribution is 7.13. The fourth-order valence-corrected chi connectivity index (χ4v) is 6.44. The molecule has 1 amide bonds. The van der Waals surface area contributed by atoms with E-state index in [1.165, 1.54) is 6.20 Å². The molecule has 2 aliphatic rings. The van der Waals surface area contributed by atoms with Crippen molar-refractivity contribution in [3.63, 3.8) is 0 Å². The van der Waals surface area contributed by atoms with Crippen LogP contribution in [0.1, 0.15) is 34.4 Å². The summed E-state index contributed by atoms with van der Waals surface area (Å²) in [6, 6.07) is 5.43. The molecule has 40 heavy (non-hydrogen) atoms. The first-order valence-corrected chi connectivity index (χ1v) is 13.0. The second-order valence-corrected chi connectivity index (χ2v) is 10.4. The average molecular weight is 578 g/mol. The Labute approximate surface area is 227 Å². The van der Waals surface area contributed by atoms with Crippen LogP contribution in [0.15, 0.2) is 36.5 Å². The summed E-state index contributed by atoms with van der Waals surface area (Å²) in [4.78, 5) is 12.1. The van der Waals surface area contributed by atoms with Crippen molar-refractivity contribution in [1.29, 1.82) is 0 Å². The molecule has 5 N–H and O–H groups in total. The quantitative estimate of drug-likeness (QED) is 0.258. The van der Waals surface area contributed by atoms with Crippen LogP contribution < -0.4 is 5.73 Å². The summed E-state index contributed by atoms with van der Waals surface area (Å²) >= 11 is 1.08. The first-order valence-electron chi connectivity index (χ1n) is 12.2. The lowest BCUT2D eigenvalue weighted by Gasteiger charge is -2.50. The Morgan fingerprint density at radius 2 is 1.98 bits per heavy atom. The van der Waals surface area contributed by atoms with Crippen molar-refractivity contribution in [2.75, 3.05) is 13.2 Å². The van der Waals surface area contributed by atoms with Gasteiger partial charge in [-0.1, -0.05) is 17.3 Å². The summed E-state index contributed by atoms with van der Waals surface area (Å²) < 4.78 is 59.2. The second kappa shape index (κ2) is 9.87. The van der Waals surface area contributed by atoms with Gasteiger partial charge in [-0.2, -0.15) is 4.37 Å². The number of primary amides is 1. The Bertz CT molecular complexity index is 1590. The zero-order valence-corrected chi connectivity index (χ0v) is 21.3. The molecule has 2 aromatic carbocycles. The number of nitrogens with two attached hydrogens (primary N) is 1. The Hall–Kier alpha value is -3.47. The molecule has 0 radical (unpaired) electrons. The van der Waals surface area contributed by atoms with Crippen LogP contribution in [0.3, 0.4) is 0 Å². The first-order chi connectivity index (χ1) is 19.2. The minimum Gasteiger partial charge on any atom is -0.394 e. The third kappa shape index (κ3) is 4.00. The van der Waals surface area contributed by atoms with E-state index < -0.39 is 66.0 Å². The van der Waals surface area contributed by atoms with E-state index >= 15 is 0 Å². The third-order valence-electron chi connectivity index (χ3n) is 7.44. The molecule has 210 valence electrons. The van der Waals surface area contributed by atoms with Gasteiger partial charge in [-0.15, -0.1) is 5.10 Å². The lowest BCUT2D eigenvalue weighted by atomic mass is 9.79. The van der Waals surface area contributed by atoms with Gasteiger partial charge < -0.3 is 30.5 Å². The minimum absolute atomic E-state index is 0.0536. The molecule has 4 aromatic rings. The van der Waals surface area contributed by atoms with E-state index in [4.69, 9.17) is 15.2 Å². The Balaban J connectivity index is 1.44. The number of rotatable bonds is 5. The van der Waals surface area contributed by atoms with Crippen LogP contribution in [0.5, 0.6) is 0 Å². The highest BCUT2D eigenvalue weighted by Crippen LogP contribution is 2.52. The summed E-state index contributed by atoms with van der Waals surface area (Å²) in [5.74, 6) is -7.74. The number of carbonyl (C=O) groups excluding carboxylic acids is 1. The molecule has 4 heterocycles. The number of benzene rings is 2. The average Bonchev–Trinajstić information content (AvgIpc) is 3.68. The van der Waals surface area contributed by atoms with Gasteiger partial charge in [0.2, 0.25) is 5.79 Å². The van der Waals surface area contributed by atoms with Gasteiger partial charge in [-0.05, 0) is 41.7 Å². The fourth-order valence-electron chi connectivity index (χ4n) is 5.62. The van der Waals surface area contributed by atoms with Crippen molar-refractivity contribution in [2.24, 2.45) is 5.73 Å². The van der Waals surface area contributed by atoms with Crippen LogP contribution in [0.2, 0.25) is 0 Å². The zero-order chi connectivity index (χ0) is 28.3. The SMILES string of the molecule is NC(=O)c1nsc2cccc([C@H]3CCO[C@]34O[C@H](CO)[C@H](O)[C@H](n3cc(-c5cc(F)c(F)c(F)c5)nn3)[C@H]4O)c12. The molecule has 1 spiro atoms. The van der Waals surface area contributed by atoms with Crippen molar-refractivity contribution >= 4 is 27.5 Å². The third-order valence-corrected chi connectivity index (χ3v) is 8.25. The molecule has 0 aliphatic carbocycles. The predicted octanol–water partition coefficient (Wildman–Crippen LogP) is 1.63. The van der Waals surface area contributed by atoms with E-state index in [1.54, 1.807) is 18.2 Å². The highest BCUT2D eigenvalue weighted by atomic mass is 32.1. The van der Waals surface area contributed by atoms with E-state index in [-0.39, 0.29) is 23.6 Å². The second-order valence-electron chi connectivity index (χ2n) is 9.63.